The third kappa shape index (κ3) is 4.40. The Hall–Kier alpha value is -1.00. The van der Waals surface area contributed by atoms with Gasteiger partial charge >= 0.3 is 0 Å². The van der Waals surface area contributed by atoms with Crippen LogP contribution >= 0.6 is 23.2 Å². The number of anilines is 1. The molecule has 1 atom stereocenters. The molecule has 0 spiro atoms. The molecule has 1 aromatic carbocycles. The summed E-state index contributed by atoms with van der Waals surface area (Å²) in [6.07, 6.45) is 0.216. The van der Waals surface area contributed by atoms with E-state index in [1.165, 1.54) is 12.1 Å². The zero-order chi connectivity index (χ0) is 12.8. The third-order valence-corrected chi connectivity index (χ3v) is 2.64. The summed E-state index contributed by atoms with van der Waals surface area (Å²) in [6, 6.07) is 4.73. The van der Waals surface area contributed by atoms with E-state index in [4.69, 9.17) is 37.8 Å². The summed E-state index contributed by atoms with van der Waals surface area (Å²) in [4.78, 5) is 0. The van der Waals surface area contributed by atoms with Gasteiger partial charge in [0.25, 0.3) is 11.3 Å². The Morgan fingerprint density at radius 3 is 2.53 bits per heavy atom. The maximum atomic E-state index is 10.5. The number of nitrogens with one attached hydrogen (secondary N) is 1. The molecule has 0 aliphatic heterocycles. The van der Waals surface area contributed by atoms with Gasteiger partial charge in [0.2, 0.25) is 0 Å². The summed E-state index contributed by atoms with van der Waals surface area (Å²) < 4.78 is 26.6. The Balaban J connectivity index is 2.87. The predicted octanol–water partition coefficient (Wildman–Crippen LogP) is 2.83. The first-order valence-corrected chi connectivity index (χ1v) is 6.27. The van der Waals surface area contributed by atoms with E-state index in [1.54, 1.807) is 0 Å². The Morgan fingerprint density at radius 2 is 2.06 bits per heavy atom. The Bertz CT molecular complexity index is 453. The van der Waals surface area contributed by atoms with E-state index in [-0.39, 0.29) is 28.8 Å². The molecule has 0 saturated heterocycles. The number of nitriles is 1. The summed E-state index contributed by atoms with van der Waals surface area (Å²) in [5.41, 5.74) is 0.300. The highest BCUT2D eigenvalue weighted by molar-refractivity contribution is 7.80. The first-order chi connectivity index (χ1) is 8.04. The zero-order valence-corrected chi connectivity index (χ0v) is 10.8. The summed E-state index contributed by atoms with van der Waals surface area (Å²) in [6.45, 7) is 0.175. The van der Waals surface area contributed by atoms with Crippen LogP contribution < -0.4 is 9.46 Å². The normalized spacial score (nSPS) is 11.6. The molecule has 1 rings (SSSR count). The van der Waals surface area contributed by atoms with E-state index in [2.05, 4.69) is 4.72 Å². The van der Waals surface area contributed by atoms with Crippen molar-refractivity contribution in [1.82, 2.24) is 0 Å². The van der Waals surface area contributed by atoms with Gasteiger partial charge in [-0.15, -0.1) is 0 Å². The van der Waals surface area contributed by atoms with Crippen molar-refractivity contribution in [2.45, 2.75) is 6.42 Å². The number of ether oxygens (including phenoxy) is 1. The van der Waals surface area contributed by atoms with Gasteiger partial charge in [-0.25, -0.2) is 4.21 Å². The Kier molecular flexibility index (Phi) is 5.51. The lowest BCUT2D eigenvalue weighted by Gasteiger charge is -2.10. The Labute approximate surface area is 111 Å². The quantitative estimate of drug-likeness (QED) is 0.646. The standard InChI is InChI=1S/C9H8Cl2N2O3S/c10-7-4-6(13-17(14)15)5-8(11)9(7)16-3-1-2-12/h4-5,13H,1,3H2,(H,14,15). The highest BCUT2D eigenvalue weighted by atomic mass is 35.5. The first-order valence-electron chi connectivity index (χ1n) is 4.41. The van der Waals surface area contributed by atoms with Gasteiger partial charge in [-0.05, 0) is 12.1 Å². The van der Waals surface area contributed by atoms with Crippen molar-refractivity contribution in [2.75, 3.05) is 11.3 Å². The first kappa shape index (κ1) is 14.1. The average Bonchev–Trinajstić information content (AvgIpc) is 2.21. The van der Waals surface area contributed by atoms with Crippen LogP contribution in [0.25, 0.3) is 0 Å². The third-order valence-electron chi connectivity index (χ3n) is 1.66. The fraction of sp³-hybridized carbons (Fsp3) is 0.222. The fourth-order valence-corrected chi connectivity index (χ4v) is 1.97. The van der Waals surface area contributed by atoms with Gasteiger partial charge in [0.1, 0.15) is 6.61 Å². The highest BCUT2D eigenvalue weighted by Gasteiger charge is 2.10. The van der Waals surface area contributed by atoms with Crippen LogP contribution in [-0.4, -0.2) is 15.4 Å². The molecule has 2 N–H and O–H groups in total. The van der Waals surface area contributed by atoms with Gasteiger partial charge in [0.15, 0.2) is 5.75 Å². The van der Waals surface area contributed by atoms with Crippen LogP contribution in [0.4, 0.5) is 5.69 Å². The molecule has 17 heavy (non-hydrogen) atoms. The van der Waals surface area contributed by atoms with Crippen molar-refractivity contribution in [3.63, 3.8) is 0 Å². The number of hydrogen-bond acceptors (Lipinski definition) is 3. The lowest BCUT2D eigenvalue weighted by atomic mass is 10.3. The molecule has 0 radical (unpaired) electrons. The second-order valence-electron chi connectivity index (χ2n) is 2.88. The highest BCUT2D eigenvalue weighted by Crippen LogP contribution is 2.36. The summed E-state index contributed by atoms with van der Waals surface area (Å²) in [5.74, 6) is 0.248. The van der Waals surface area contributed by atoms with E-state index in [1.807, 2.05) is 6.07 Å². The second kappa shape index (κ2) is 6.67. The minimum absolute atomic E-state index is 0.175. The van der Waals surface area contributed by atoms with E-state index >= 15 is 0 Å². The molecule has 1 unspecified atom stereocenters. The van der Waals surface area contributed by atoms with Crippen molar-refractivity contribution in [2.24, 2.45) is 0 Å². The minimum atomic E-state index is -2.20. The molecule has 8 heteroatoms. The molecule has 0 saturated carbocycles. The van der Waals surface area contributed by atoms with Crippen LogP contribution in [0.5, 0.6) is 5.75 Å². The largest absolute Gasteiger partial charge is 0.489 e. The molecule has 0 aliphatic carbocycles. The van der Waals surface area contributed by atoms with Gasteiger partial charge in [0.05, 0.1) is 28.2 Å². The molecule has 1 aromatic rings. The number of nitrogens with zero attached hydrogens (tertiary/aromatic N) is 1. The minimum Gasteiger partial charge on any atom is -0.489 e. The van der Waals surface area contributed by atoms with E-state index < -0.39 is 11.3 Å². The fourth-order valence-electron chi connectivity index (χ4n) is 1.06. The van der Waals surface area contributed by atoms with E-state index in [9.17, 15) is 4.21 Å². The molecule has 92 valence electrons. The molecular weight excluding hydrogens is 287 g/mol. The van der Waals surface area contributed by atoms with Crippen LogP contribution in [0.2, 0.25) is 10.0 Å². The molecule has 0 amide bonds. The van der Waals surface area contributed by atoms with Crippen molar-refractivity contribution >= 4 is 40.2 Å². The molecule has 0 aromatic heterocycles. The predicted molar refractivity (Wildman–Crippen MR) is 66.6 cm³/mol. The molecular formula is C9H8Cl2N2O3S. The van der Waals surface area contributed by atoms with Crippen LogP contribution in [0, 0.1) is 11.3 Å². The average molecular weight is 295 g/mol. The van der Waals surface area contributed by atoms with Gasteiger partial charge in [-0.1, -0.05) is 23.2 Å². The van der Waals surface area contributed by atoms with Crippen molar-refractivity contribution < 1.29 is 13.5 Å². The van der Waals surface area contributed by atoms with Gasteiger partial charge in [0, 0.05) is 0 Å². The van der Waals surface area contributed by atoms with Crippen LogP contribution in [0.3, 0.4) is 0 Å². The molecule has 0 fully saturated rings. The zero-order valence-electron chi connectivity index (χ0n) is 8.44. The van der Waals surface area contributed by atoms with Gasteiger partial charge in [-0.2, -0.15) is 5.26 Å². The topological polar surface area (TPSA) is 82.3 Å². The van der Waals surface area contributed by atoms with Crippen LogP contribution in [0.15, 0.2) is 12.1 Å². The monoisotopic (exact) mass is 294 g/mol. The SMILES string of the molecule is N#CCCOc1c(Cl)cc(NS(=O)O)cc1Cl. The summed E-state index contributed by atoms with van der Waals surface area (Å²) in [7, 11) is 0. The molecule has 5 nitrogen and oxygen atoms in total. The van der Waals surface area contributed by atoms with Gasteiger partial charge in [-0.3, -0.25) is 9.27 Å². The summed E-state index contributed by atoms with van der Waals surface area (Å²) in [5, 5.41) is 8.75. The van der Waals surface area contributed by atoms with Crippen molar-refractivity contribution in [3.8, 4) is 11.8 Å². The number of rotatable bonds is 5. The molecule has 0 aliphatic rings. The van der Waals surface area contributed by atoms with Crippen LogP contribution in [0.1, 0.15) is 6.42 Å². The number of benzene rings is 1. The molecule has 0 heterocycles. The van der Waals surface area contributed by atoms with Crippen molar-refractivity contribution in [3.05, 3.63) is 22.2 Å². The van der Waals surface area contributed by atoms with Crippen molar-refractivity contribution in [1.29, 1.82) is 5.26 Å². The van der Waals surface area contributed by atoms with Gasteiger partial charge < -0.3 is 4.74 Å². The van der Waals surface area contributed by atoms with E-state index in [0.29, 0.717) is 5.69 Å². The maximum absolute atomic E-state index is 10.5. The lowest BCUT2D eigenvalue weighted by molar-refractivity contribution is 0.327. The number of halogens is 2. The maximum Gasteiger partial charge on any atom is 0.259 e. The number of hydrogen-bond donors (Lipinski definition) is 2. The Morgan fingerprint density at radius 1 is 1.47 bits per heavy atom. The molecule has 0 bridgehead atoms. The summed E-state index contributed by atoms with van der Waals surface area (Å²) >= 11 is 9.57. The second-order valence-corrected chi connectivity index (χ2v) is 4.39. The lowest BCUT2D eigenvalue weighted by Crippen LogP contribution is -2.03. The van der Waals surface area contributed by atoms with E-state index in [0.717, 1.165) is 0 Å². The van der Waals surface area contributed by atoms with Crippen LogP contribution in [-0.2, 0) is 11.3 Å². The smallest absolute Gasteiger partial charge is 0.259 e.